The van der Waals surface area contributed by atoms with E-state index in [1.165, 1.54) is 16.8 Å². The van der Waals surface area contributed by atoms with Crippen LogP contribution in [0, 0.1) is 0 Å². The highest BCUT2D eigenvalue weighted by atomic mass is 28.2. The molecule has 0 bridgehead atoms. The van der Waals surface area contributed by atoms with Crippen LogP contribution in [-0.2, 0) is 19.3 Å². The Balaban J connectivity index is 3.28. The third kappa shape index (κ3) is 2.00. The average Bonchev–Trinajstić information content (AvgIpc) is 2.26. The van der Waals surface area contributed by atoms with Crippen molar-refractivity contribution in [2.24, 2.45) is 0 Å². The number of nitrogens with one attached hydrogen (secondary N) is 1. The Labute approximate surface area is 90.4 Å². The Kier molecular flexibility index (Phi) is 4.20. The lowest BCUT2D eigenvalue weighted by molar-refractivity contribution is 0.984. The van der Waals surface area contributed by atoms with Gasteiger partial charge in [-0.05, 0) is 42.0 Å². The van der Waals surface area contributed by atoms with Crippen molar-refractivity contribution in [3.8, 4) is 0 Å². The van der Waals surface area contributed by atoms with Gasteiger partial charge in [0, 0.05) is 5.69 Å². The van der Waals surface area contributed by atoms with Crippen LogP contribution in [0.1, 0.15) is 37.5 Å². The molecule has 0 fully saturated rings. The number of aryl methyl sites for hydroxylation is 1. The Hall–Kier alpha value is -0.763. The van der Waals surface area contributed by atoms with Crippen LogP contribution >= 0.6 is 0 Å². The summed E-state index contributed by atoms with van der Waals surface area (Å²) in [7, 11) is 1.03. The van der Waals surface area contributed by atoms with Crippen LogP contribution in [0.25, 0.3) is 0 Å². The fourth-order valence-electron chi connectivity index (χ4n) is 2.15. The first-order valence-corrected chi connectivity index (χ1v) is 6.59. The van der Waals surface area contributed by atoms with E-state index in [0.29, 0.717) is 0 Å². The molecule has 1 rings (SSSR count). The number of rotatable bonds is 4. The summed E-state index contributed by atoms with van der Waals surface area (Å²) < 4.78 is 0. The van der Waals surface area contributed by atoms with E-state index in [9.17, 15) is 0 Å². The van der Waals surface area contributed by atoms with E-state index >= 15 is 0 Å². The largest absolute Gasteiger partial charge is 0.419 e. The summed E-state index contributed by atoms with van der Waals surface area (Å²) in [5, 5.41) is 0. The van der Waals surface area contributed by atoms with Gasteiger partial charge in [-0.3, -0.25) is 0 Å². The van der Waals surface area contributed by atoms with Gasteiger partial charge in [0.15, 0.2) is 0 Å². The molecule has 78 valence electrons. The van der Waals surface area contributed by atoms with Crippen LogP contribution < -0.4 is 4.98 Å². The maximum Gasteiger partial charge on any atom is 0.104 e. The van der Waals surface area contributed by atoms with Crippen molar-refractivity contribution in [3.63, 3.8) is 0 Å². The standard InChI is InChI=1S/C12H21NSi/c1-4-9-7-8-12(13-14)11(6-3)10(9)5-2/h7-8,13H,4-6H2,1-3,14H3. The lowest BCUT2D eigenvalue weighted by atomic mass is 9.94. The Morgan fingerprint density at radius 2 is 1.64 bits per heavy atom. The monoisotopic (exact) mass is 207 g/mol. The van der Waals surface area contributed by atoms with Gasteiger partial charge >= 0.3 is 0 Å². The van der Waals surface area contributed by atoms with Gasteiger partial charge in [0.1, 0.15) is 10.4 Å². The second kappa shape index (κ2) is 5.20. The van der Waals surface area contributed by atoms with E-state index in [1.807, 2.05) is 0 Å². The number of benzene rings is 1. The topological polar surface area (TPSA) is 12.0 Å². The smallest absolute Gasteiger partial charge is 0.104 e. The van der Waals surface area contributed by atoms with Crippen molar-refractivity contribution < 1.29 is 0 Å². The van der Waals surface area contributed by atoms with Gasteiger partial charge in [-0.1, -0.05) is 26.8 Å². The minimum Gasteiger partial charge on any atom is -0.419 e. The average molecular weight is 207 g/mol. The van der Waals surface area contributed by atoms with E-state index < -0.39 is 0 Å². The Morgan fingerprint density at radius 3 is 2.07 bits per heavy atom. The molecule has 0 atom stereocenters. The Morgan fingerprint density at radius 1 is 1.00 bits per heavy atom. The molecule has 0 spiro atoms. The van der Waals surface area contributed by atoms with Crippen molar-refractivity contribution in [1.29, 1.82) is 0 Å². The second-order valence-corrected chi connectivity index (χ2v) is 4.04. The van der Waals surface area contributed by atoms with Crippen LogP contribution in [-0.4, -0.2) is 10.4 Å². The fraction of sp³-hybridized carbons (Fsp3) is 0.500. The molecule has 0 aliphatic heterocycles. The summed E-state index contributed by atoms with van der Waals surface area (Å²) in [6.45, 7) is 6.74. The third-order valence-electron chi connectivity index (χ3n) is 2.89. The highest BCUT2D eigenvalue weighted by molar-refractivity contribution is 6.16. The summed E-state index contributed by atoms with van der Waals surface area (Å²) in [6.07, 6.45) is 3.45. The van der Waals surface area contributed by atoms with Crippen LogP contribution in [0.4, 0.5) is 5.69 Å². The van der Waals surface area contributed by atoms with Crippen LogP contribution in [0.2, 0.25) is 0 Å². The van der Waals surface area contributed by atoms with E-state index in [1.54, 1.807) is 5.56 Å². The molecule has 1 aromatic carbocycles. The molecule has 14 heavy (non-hydrogen) atoms. The van der Waals surface area contributed by atoms with Crippen molar-refractivity contribution in [1.82, 2.24) is 0 Å². The van der Waals surface area contributed by atoms with Crippen molar-refractivity contribution in [2.45, 2.75) is 40.0 Å². The molecule has 0 aliphatic carbocycles. The molecular formula is C12H21NSi. The highest BCUT2D eigenvalue weighted by Gasteiger charge is 2.07. The van der Waals surface area contributed by atoms with E-state index in [4.69, 9.17) is 0 Å². The molecule has 0 aromatic heterocycles. The lowest BCUT2D eigenvalue weighted by Crippen LogP contribution is -2.03. The van der Waals surface area contributed by atoms with Gasteiger partial charge in [-0.2, -0.15) is 0 Å². The summed E-state index contributed by atoms with van der Waals surface area (Å²) in [6, 6.07) is 4.52. The van der Waals surface area contributed by atoms with Gasteiger partial charge in [-0.15, -0.1) is 0 Å². The molecule has 2 heteroatoms. The normalized spacial score (nSPS) is 10.5. The number of hydrogen-bond donors (Lipinski definition) is 1. The number of anilines is 1. The molecule has 0 heterocycles. The minimum absolute atomic E-state index is 1.03. The first-order chi connectivity index (χ1) is 6.78. The summed E-state index contributed by atoms with van der Waals surface area (Å²) in [5.74, 6) is 0. The van der Waals surface area contributed by atoms with Crippen molar-refractivity contribution in [3.05, 3.63) is 28.8 Å². The zero-order valence-electron chi connectivity index (χ0n) is 9.78. The maximum atomic E-state index is 3.41. The number of hydrogen-bond acceptors (Lipinski definition) is 1. The second-order valence-electron chi connectivity index (χ2n) is 3.54. The first-order valence-electron chi connectivity index (χ1n) is 5.59. The van der Waals surface area contributed by atoms with Crippen LogP contribution in [0.5, 0.6) is 0 Å². The molecule has 0 unspecified atom stereocenters. The van der Waals surface area contributed by atoms with Gasteiger partial charge in [-0.25, -0.2) is 0 Å². The van der Waals surface area contributed by atoms with Gasteiger partial charge in [0.2, 0.25) is 0 Å². The van der Waals surface area contributed by atoms with Gasteiger partial charge < -0.3 is 4.98 Å². The van der Waals surface area contributed by atoms with Gasteiger partial charge in [0.25, 0.3) is 0 Å². The van der Waals surface area contributed by atoms with Crippen molar-refractivity contribution in [2.75, 3.05) is 4.98 Å². The van der Waals surface area contributed by atoms with Crippen molar-refractivity contribution >= 4 is 16.1 Å². The molecule has 0 saturated carbocycles. The SMILES string of the molecule is CCc1ccc(N[SiH3])c(CC)c1CC. The molecule has 1 nitrogen and oxygen atoms in total. The van der Waals surface area contributed by atoms with E-state index in [2.05, 4.69) is 37.9 Å². The van der Waals surface area contributed by atoms with Crippen LogP contribution in [0.15, 0.2) is 12.1 Å². The quantitative estimate of drug-likeness (QED) is 0.745. The molecule has 0 saturated heterocycles. The minimum atomic E-state index is 1.03. The Bertz CT molecular complexity index is 276. The summed E-state index contributed by atoms with van der Waals surface area (Å²) in [4.78, 5) is 3.41. The van der Waals surface area contributed by atoms with E-state index in [0.717, 1.165) is 29.7 Å². The molecule has 1 N–H and O–H groups in total. The maximum absolute atomic E-state index is 3.41. The molecule has 0 aliphatic rings. The molecular weight excluding hydrogens is 186 g/mol. The zero-order chi connectivity index (χ0) is 10.6. The van der Waals surface area contributed by atoms with Crippen LogP contribution in [0.3, 0.4) is 0 Å². The highest BCUT2D eigenvalue weighted by Crippen LogP contribution is 2.24. The molecule has 1 aromatic rings. The van der Waals surface area contributed by atoms with Gasteiger partial charge in [0.05, 0.1) is 0 Å². The fourth-order valence-corrected chi connectivity index (χ4v) is 2.62. The summed E-state index contributed by atoms with van der Waals surface area (Å²) in [5.41, 5.74) is 5.97. The predicted octanol–water partition coefficient (Wildman–Crippen LogP) is 2.07. The predicted molar refractivity (Wildman–Crippen MR) is 68.1 cm³/mol. The zero-order valence-corrected chi connectivity index (χ0v) is 11.8. The third-order valence-corrected chi connectivity index (χ3v) is 3.42. The van der Waals surface area contributed by atoms with E-state index in [-0.39, 0.29) is 0 Å². The summed E-state index contributed by atoms with van der Waals surface area (Å²) >= 11 is 0. The first kappa shape index (κ1) is 11.3. The lowest BCUT2D eigenvalue weighted by Gasteiger charge is -2.16. The molecule has 0 radical (unpaired) electrons. The molecule has 0 amide bonds.